The molecule has 136 valence electrons. The van der Waals surface area contributed by atoms with E-state index in [-0.39, 0.29) is 5.02 Å². The van der Waals surface area contributed by atoms with Crippen molar-refractivity contribution in [3.63, 3.8) is 0 Å². The van der Waals surface area contributed by atoms with Crippen LogP contribution in [0.25, 0.3) is 0 Å². The van der Waals surface area contributed by atoms with Crippen LogP contribution in [0.5, 0.6) is 0 Å². The Balaban J connectivity index is 1.79. The van der Waals surface area contributed by atoms with E-state index in [0.717, 1.165) is 16.0 Å². The van der Waals surface area contributed by atoms with Gasteiger partial charge in [-0.15, -0.1) is 11.3 Å². The quantitative estimate of drug-likeness (QED) is 0.359. The second-order valence-corrected chi connectivity index (χ2v) is 7.82. The summed E-state index contributed by atoms with van der Waals surface area (Å²) >= 11 is 13.0. The number of thiophene rings is 1. The minimum absolute atomic E-state index is 0.279. The lowest BCUT2D eigenvalue weighted by Gasteiger charge is -2.08. The summed E-state index contributed by atoms with van der Waals surface area (Å²) in [5.74, 6) is 4.49. The number of benzene rings is 2. The number of halogens is 4. The summed E-state index contributed by atoms with van der Waals surface area (Å²) in [6, 6.07) is 11.9. The van der Waals surface area contributed by atoms with Crippen LogP contribution in [0.4, 0.5) is 8.78 Å². The third kappa shape index (κ3) is 5.40. The molecule has 0 amide bonds. The highest BCUT2D eigenvalue weighted by Crippen LogP contribution is 2.27. The number of carbonyl (C=O) groups is 1. The van der Waals surface area contributed by atoms with E-state index >= 15 is 0 Å². The van der Waals surface area contributed by atoms with E-state index < -0.39 is 17.6 Å². The Hall–Kier alpha value is -2.19. The first-order valence-corrected chi connectivity index (χ1v) is 9.48. The molecule has 1 unspecified atom stereocenters. The van der Waals surface area contributed by atoms with Crippen molar-refractivity contribution in [1.29, 1.82) is 0 Å². The molecule has 0 aliphatic heterocycles. The van der Waals surface area contributed by atoms with Crippen molar-refractivity contribution in [2.24, 2.45) is 0 Å². The summed E-state index contributed by atoms with van der Waals surface area (Å²) in [4.78, 5) is 13.1. The van der Waals surface area contributed by atoms with Crippen molar-refractivity contribution in [2.45, 2.75) is 12.3 Å². The average Bonchev–Trinajstić information content (AvgIpc) is 3.05. The number of hydrogen-bond donors (Lipinski definition) is 0. The third-order valence-corrected chi connectivity index (χ3v) is 5.30. The Morgan fingerprint density at radius 2 is 1.67 bits per heavy atom. The second-order valence-electron chi connectivity index (χ2n) is 5.83. The molecule has 2 aromatic carbocycles. The van der Waals surface area contributed by atoms with E-state index in [1.165, 1.54) is 35.6 Å². The minimum atomic E-state index is -0.451. The first-order chi connectivity index (χ1) is 12.9. The smallest absolute Gasteiger partial charge is 0.128 e. The molecule has 27 heavy (non-hydrogen) atoms. The Bertz CT molecular complexity index is 1010. The molecule has 3 rings (SSSR count). The normalized spacial score (nSPS) is 11.6. The molecule has 0 fully saturated rings. The van der Waals surface area contributed by atoms with Gasteiger partial charge in [-0.2, -0.15) is 0 Å². The number of hydrogen-bond acceptors (Lipinski definition) is 2. The standard InChI is InChI=1S/C21H12Cl2F2OS/c22-16-6-13(8-18(24)10-16)1-2-20-3-4-21(27-20)15(12-26)5-14-7-17(23)11-19(25)9-14/h3-4,6-12,15H,5H2. The molecule has 0 aliphatic carbocycles. The van der Waals surface area contributed by atoms with Crippen LogP contribution < -0.4 is 0 Å². The Morgan fingerprint density at radius 1 is 0.963 bits per heavy atom. The SMILES string of the molecule is O=CC(Cc1cc(F)cc(Cl)c1)c1ccc(C#Cc2cc(F)cc(Cl)c2)s1. The number of aldehydes is 1. The molecular weight excluding hydrogens is 409 g/mol. The van der Waals surface area contributed by atoms with Crippen molar-refractivity contribution in [1.82, 2.24) is 0 Å². The van der Waals surface area contributed by atoms with Gasteiger partial charge in [0.25, 0.3) is 0 Å². The van der Waals surface area contributed by atoms with Crippen molar-refractivity contribution in [2.75, 3.05) is 0 Å². The van der Waals surface area contributed by atoms with Gasteiger partial charge >= 0.3 is 0 Å². The van der Waals surface area contributed by atoms with Crippen LogP contribution in [0.3, 0.4) is 0 Å². The molecule has 0 saturated heterocycles. The topological polar surface area (TPSA) is 17.1 Å². The summed E-state index contributed by atoms with van der Waals surface area (Å²) in [7, 11) is 0. The van der Waals surface area contributed by atoms with Crippen molar-refractivity contribution in [3.05, 3.63) is 91.1 Å². The zero-order valence-corrected chi connectivity index (χ0v) is 16.1. The summed E-state index contributed by atoms with van der Waals surface area (Å²) in [5.41, 5.74) is 1.11. The maximum atomic E-state index is 13.5. The summed E-state index contributed by atoms with van der Waals surface area (Å²) in [6.45, 7) is 0. The van der Waals surface area contributed by atoms with Crippen LogP contribution in [0.15, 0.2) is 48.5 Å². The minimum Gasteiger partial charge on any atom is -0.303 e. The average molecular weight is 421 g/mol. The molecule has 1 atom stereocenters. The van der Waals surface area contributed by atoms with Crippen LogP contribution in [0.1, 0.15) is 26.8 Å². The summed E-state index contributed by atoms with van der Waals surface area (Å²) < 4.78 is 26.8. The lowest BCUT2D eigenvalue weighted by atomic mass is 9.99. The maximum absolute atomic E-state index is 13.5. The zero-order chi connectivity index (χ0) is 19.4. The predicted molar refractivity (Wildman–Crippen MR) is 106 cm³/mol. The van der Waals surface area contributed by atoms with Gasteiger partial charge in [0.2, 0.25) is 0 Å². The maximum Gasteiger partial charge on any atom is 0.128 e. The zero-order valence-electron chi connectivity index (χ0n) is 13.8. The van der Waals surface area contributed by atoms with E-state index in [1.54, 1.807) is 18.2 Å². The predicted octanol–water partition coefficient (Wildman–Crippen LogP) is 6.26. The molecule has 0 radical (unpaired) electrons. The Morgan fingerprint density at radius 3 is 2.33 bits per heavy atom. The van der Waals surface area contributed by atoms with Gasteiger partial charge in [-0.1, -0.05) is 35.0 Å². The molecule has 0 N–H and O–H groups in total. The lowest BCUT2D eigenvalue weighted by Crippen LogP contribution is -2.02. The molecule has 0 saturated carbocycles. The van der Waals surface area contributed by atoms with Crippen molar-refractivity contribution >= 4 is 40.8 Å². The first kappa shape index (κ1) is 19.6. The molecule has 1 heterocycles. The fourth-order valence-electron chi connectivity index (χ4n) is 2.58. The van der Waals surface area contributed by atoms with Crippen LogP contribution >= 0.6 is 34.5 Å². The highest BCUT2D eigenvalue weighted by molar-refractivity contribution is 7.12. The van der Waals surface area contributed by atoms with Crippen LogP contribution in [-0.4, -0.2) is 6.29 Å². The number of carbonyl (C=O) groups excluding carboxylic acids is 1. The summed E-state index contributed by atoms with van der Waals surface area (Å²) in [6.07, 6.45) is 1.17. The third-order valence-electron chi connectivity index (χ3n) is 3.73. The lowest BCUT2D eigenvalue weighted by molar-refractivity contribution is -0.109. The van der Waals surface area contributed by atoms with Crippen LogP contribution in [0.2, 0.25) is 10.0 Å². The van der Waals surface area contributed by atoms with Gasteiger partial charge in [-0.05, 0) is 60.5 Å². The Labute approximate surface area is 169 Å². The van der Waals surface area contributed by atoms with Gasteiger partial charge in [0.1, 0.15) is 17.9 Å². The molecule has 1 nitrogen and oxygen atoms in total. The largest absolute Gasteiger partial charge is 0.303 e. The van der Waals surface area contributed by atoms with Crippen molar-refractivity contribution < 1.29 is 13.6 Å². The van der Waals surface area contributed by atoms with Crippen LogP contribution in [0, 0.1) is 23.5 Å². The fraction of sp³-hybridized carbons (Fsp3) is 0.0952. The van der Waals surface area contributed by atoms with E-state index in [2.05, 4.69) is 11.8 Å². The van der Waals surface area contributed by atoms with Gasteiger partial charge in [-0.25, -0.2) is 8.78 Å². The highest BCUT2D eigenvalue weighted by Gasteiger charge is 2.15. The number of rotatable bonds is 4. The van der Waals surface area contributed by atoms with Gasteiger partial charge in [0, 0.05) is 20.5 Å². The van der Waals surface area contributed by atoms with Gasteiger partial charge in [0.15, 0.2) is 0 Å². The molecule has 0 bridgehead atoms. The molecule has 3 aromatic rings. The van der Waals surface area contributed by atoms with Gasteiger partial charge in [-0.3, -0.25) is 0 Å². The van der Waals surface area contributed by atoms with E-state index in [9.17, 15) is 13.6 Å². The molecule has 6 heteroatoms. The second kappa shape index (κ2) is 8.67. The van der Waals surface area contributed by atoms with E-state index in [0.29, 0.717) is 22.6 Å². The van der Waals surface area contributed by atoms with Crippen LogP contribution in [-0.2, 0) is 11.2 Å². The van der Waals surface area contributed by atoms with E-state index in [4.69, 9.17) is 23.2 Å². The molecule has 0 aliphatic rings. The Kier molecular flexibility index (Phi) is 6.28. The molecule has 0 spiro atoms. The first-order valence-electron chi connectivity index (χ1n) is 7.91. The van der Waals surface area contributed by atoms with E-state index in [1.807, 2.05) is 6.07 Å². The highest BCUT2D eigenvalue weighted by atomic mass is 35.5. The summed E-state index contributed by atoms with van der Waals surface area (Å²) in [5, 5.41) is 0.571. The van der Waals surface area contributed by atoms with Gasteiger partial charge in [0.05, 0.1) is 10.8 Å². The fourth-order valence-corrected chi connectivity index (χ4v) is 3.96. The molecule has 1 aromatic heterocycles. The monoisotopic (exact) mass is 420 g/mol. The van der Waals surface area contributed by atoms with Crippen molar-refractivity contribution in [3.8, 4) is 11.8 Å². The molecular formula is C21H12Cl2F2OS. The van der Waals surface area contributed by atoms with Gasteiger partial charge < -0.3 is 4.79 Å².